The van der Waals surface area contributed by atoms with E-state index in [9.17, 15) is 19.5 Å². The number of hydrogen-bond acceptors (Lipinski definition) is 7. The number of carboxylic acids is 1. The van der Waals surface area contributed by atoms with Crippen molar-refractivity contribution < 1.29 is 24.3 Å². The van der Waals surface area contributed by atoms with Gasteiger partial charge in [-0.15, -0.1) is 0 Å². The lowest BCUT2D eigenvalue weighted by Gasteiger charge is -2.32. The number of aryl methyl sites for hydroxylation is 1. The molecule has 42 heavy (non-hydrogen) atoms. The molecule has 3 aromatic rings. The van der Waals surface area contributed by atoms with E-state index in [1.807, 2.05) is 43.3 Å². The Hall–Kier alpha value is -4.51. The normalized spacial score (nSPS) is 16.5. The summed E-state index contributed by atoms with van der Waals surface area (Å²) < 4.78 is 0. The van der Waals surface area contributed by atoms with Crippen molar-refractivity contribution in [3.05, 3.63) is 94.5 Å². The molecule has 2 heterocycles. The Kier molecular flexibility index (Phi) is 8.67. The van der Waals surface area contributed by atoms with Crippen molar-refractivity contribution in [1.82, 2.24) is 14.9 Å². The van der Waals surface area contributed by atoms with Gasteiger partial charge in [-0.3, -0.25) is 19.3 Å². The molecule has 0 unspecified atom stereocenters. The van der Waals surface area contributed by atoms with E-state index in [0.717, 1.165) is 43.9 Å². The van der Waals surface area contributed by atoms with Crippen LogP contribution in [0.1, 0.15) is 37.4 Å². The van der Waals surface area contributed by atoms with Gasteiger partial charge in [-0.25, -0.2) is 9.86 Å². The van der Waals surface area contributed by atoms with Crippen molar-refractivity contribution in [3.8, 4) is 0 Å². The Balaban J connectivity index is 1.35. The van der Waals surface area contributed by atoms with Gasteiger partial charge in [0.25, 0.3) is 11.8 Å². The van der Waals surface area contributed by atoms with Crippen molar-refractivity contribution in [2.75, 3.05) is 64.1 Å². The van der Waals surface area contributed by atoms with Gasteiger partial charge >= 0.3 is 5.97 Å². The van der Waals surface area contributed by atoms with Crippen LogP contribution < -0.4 is 10.6 Å². The number of amides is 2. The van der Waals surface area contributed by atoms with Crippen LogP contribution in [0.2, 0.25) is 0 Å². The summed E-state index contributed by atoms with van der Waals surface area (Å²) in [5.41, 5.74) is 4.85. The fourth-order valence-electron chi connectivity index (χ4n) is 5.17. The molecule has 5 rings (SSSR count). The number of aromatic carboxylic acids is 1. The SMILES string of the molecule is Cc1cc(N/C(=C2/C(=O)Nc3cc(C(=O)O)ccc32)c2ccccc2)ccc1C(=O)N(C)OCCN1CCN(C)CC1. The zero-order chi connectivity index (χ0) is 29.8. The molecule has 0 bridgehead atoms. The van der Waals surface area contributed by atoms with Crippen molar-refractivity contribution in [2.45, 2.75) is 6.92 Å². The highest BCUT2D eigenvalue weighted by Crippen LogP contribution is 2.38. The third-order valence-electron chi connectivity index (χ3n) is 7.62. The minimum Gasteiger partial charge on any atom is -0.478 e. The third kappa shape index (κ3) is 6.36. The summed E-state index contributed by atoms with van der Waals surface area (Å²) in [6, 6.07) is 19.4. The Labute approximate surface area is 245 Å². The van der Waals surface area contributed by atoms with Crippen LogP contribution in [-0.2, 0) is 9.63 Å². The molecule has 0 atom stereocenters. The Morgan fingerprint density at radius 3 is 2.43 bits per heavy atom. The van der Waals surface area contributed by atoms with Gasteiger partial charge in [0.05, 0.1) is 29.1 Å². The van der Waals surface area contributed by atoms with Crippen LogP contribution in [0, 0.1) is 6.92 Å². The van der Waals surface area contributed by atoms with Crippen LogP contribution in [-0.4, -0.2) is 91.2 Å². The number of benzene rings is 3. The lowest BCUT2D eigenvalue weighted by atomic mass is 9.98. The maximum atomic E-state index is 13.2. The lowest BCUT2D eigenvalue weighted by molar-refractivity contribution is -0.111. The van der Waals surface area contributed by atoms with E-state index in [1.54, 1.807) is 25.2 Å². The highest BCUT2D eigenvalue weighted by atomic mass is 16.7. The zero-order valence-corrected chi connectivity index (χ0v) is 24.0. The van der Waals surface area contributed by atoms with Crippen molar-refractivity contribution in [2.24, 2.45) is 0 Å². The van der Waals surface area contributed by atoms with E-state index in [0.29, 0.717) is 40.4 Å². The first kappa shape index (κ1) is 29.0. The second-order valence-electron chi connectivity index (χ2n) is 10.6. The highest BCUT2D eigenvalue weighted by Gasteiger charge is 2.29. The van der Waals surface area contributed by atoms with Crippen LogP contribution in [0.15, 0.2) is 66.7 Å². The zero-order valence-electron chi connectivity index (χ0n) is 24.0. The van der Waals surface area contributed by atoms with Gasteiger partial charge in [0.1, 0.15) is 0 Å². The predicted molar refractivity (Wildman–Crippen MR) is 162 cm³/mol. The number of anilines is 2. The smallest absolute Gasteiger partial charge is 0.335 e. The number of carbonyl (C=O) groups is 3. The number of nitrogens with zero attached hydrogens (tertiary/aromatic N) is 3. The molecule has 3 N–H and O–H groups in total. The largest absolute Gasteiger partial charge is 0.478 e. The molecule has 1 fully saturated rings. The summed E-state index contributed by atoms with van der Waals surface area (Å²) in [4.78, 5) is 48.2. The van der Waals surface area contributed by atoms with Crippen LogP contribution >= 0.6 is 0 Å². The number of nitrogens with one attached hydrogen (secondary N) is 2. The fourth-order valence-corrected chi connectivity index (χ4v) is 5.17. The number of hydroxylamine groups is 2. The second-order valence-corrected chi connectivity index (χ2v) is 10.6. The minimum atomic E-state index is -1.07. The fraction of sp³-hybridized carbons (Fsp3) is 0.281. The van der Waals surface area contributed by atoms with Gasteiger partial charge in [-0.2, -0.15) is 0 Å². The Morgan fingerprint density at radius 2 is 1.74 bits per heavy atom. The molecule has 2 amide bonds. The Morgan fingerprint density at radius 1 is 1.00 bits per heavy atom. The summed E-state index contributed by atoms with van der Waals surface area (Å²) in [6.07, 6.45) is 0. The number of hydrogen-bond donors (Lipinski definition) is 3. The number of fused-ring (bicyclic) bond motifs is 1. The standard InChI is InChI=1S/C32H35N5O5/c1-21-19-24(10-12-25(21)31(39)36(3)42-18-17-37-15-13-35(2)14-16-37)33-29(22-7-5-4-6-8-22)28-26-11-9-23(32(40)41)20-27(26)34-30(28)38/h4-12,19-20,33H,13-18H2,1-3H3,(H,34,38)(H,40,41)/b29-28+. The van der Waals surface area contributed by atoms with Gasteiger partial charge < -0.3 is 20.6 Å². The lowest BCUT2D eigenvalue weighted by Crippen LogP contribution is -2.46. The molecular weight excluding hydrogens is 534 g/mol. The van der Waals surface area contributed by atoms with Crippen LogP contribution in [0.25, 0.3) is 11.3 Å². The van der Waals surface area contributed by atoms with Gasteiger partial charge in [0, 0.05) is 56.6 Å². The summed E-state index contributed by atoms with van der Waals surface area (Å²) >= 11 is 0. The number of carboxylic acid groups (broad SMARTS) is 1. The number of likely N-dealkylation sites (N-methyl/N-ethyl adjacent to an activating group) is 1. The molecule has 1 saturated heterocycles. The van der Waals surface area contributed by atoms with Gasteiger partial charge in [0.15, 0.2) is 0 Å². The third-order valence-corrected chi connectivity index (χ3v) is 7.62. The molecule has 2 aliphatic rings. The van der Waals surface area contributed by atoms with Crippen LogP contribution in [0.4, 0.5) is 11.4 Å². The van der Waals surface area contributed by atoms with E-state index >= 15 is 0 Å². The van der Waals surface area contributed by atoms with Crippen molar-refractivity contribution in [3.63, 3.8) is 0 Å². The number of rotatable bonds is 9. The first-order chi connectivity index (χ1) is 20.2. The summed E-state index contributed by atoms with van der Waals surface area (Å²) in [5.74, 6) is -1.64. The monoisotopic (exact) mass is 569 g/mol. The average molecular weight is 570 g/mol. The van der Waals surface area contributed by atoms with Crippen molar-refractivity contribution >= 4 is 40.4 Å². The first-order valence-electron chi connectivity index (χ1n) is 13.9. The maximum Gasteiger partial charge on any atom is 0.335 e. The van der Waals surface area contributed by atoms with Crippen LogP contribution in [0.5, 0.6) is 0 Å². The van der Waals surface area contributed by atoms with Gasteiger partial charge in [-0.1, -0.05) is 36.4 Å². The van der Waals surface area contributed by atoms with E-state index in [4.69, 9.17) is 4.84 Å². The van der Waals surface area contributed by atoms with E-state index in [2.05, 4.69) is 27.5 Å². The molecule has 0 saturated carbocycles. The van der Waals surface area contributed by atoms with Gasteiger partial charge in [0.2, 0.25) is 0 Å². The Bertz CT molecular complexity index is 1530. The van der Waals surface area contributed by atoms with Crippen LogP contribution in [0.3, 0.4) is 0 Å². The van der Waals surface area contributed by atoms with E-state index < -0.39 is 5.97 Å². The maximum absolute atomic E-state index is 13.2. The summed E-state index contributed by atoms with van der Waals surface area (Å²) in [5, 5.41) is 16.9. The molecule has 0 aliphatic carbocycles. The number of piperazine rings is 1. The van der Waals surface area contributed by atoms with Gasteiger partial charge in [-0.05, 0) is 55.4 Å². The first-order valence-corrected chi connectivity index (χ1v) is 13.9. The topological polar surface area (TPSA) is 114 Å². The molecule has 0 spiro atoms. The van der Waals surface area contributed by atoms with E-state index in [-0.39, 0.29) is 17.4 Å². The second kappa shape index (κ2) is 12.6. The van der Waals surface area contributed by atoms with E-state index in [1.165, 1.54) is 17.2 Å². The molecule has 218 valence electrons. The highest BCUT2D eigenvalue weighted by molar-refractivity contribution is 6.37. The average Bonchev–Trinajstić information content (AvgIpc) is 3.31. The molecule has 10 nitrogen and oxygen atoms in total. The molecular formula is C32H35N5O5. The molecule has 0 aromatic heterocycles. The molecule has 10 heteroatoms. The molecule has 0 radical (unpaired) electrons. The molecule has 2 aliphatic heterocycles. The number of carbonyl (C=O) groups excluding carboxylic acids is 2. The quantitative estimate of drug-likeness (QED) is 0.263. The summed E-state index contributed by atoms with van der Waals surface area (Å²) in [7, 11) is 3.74. The van der Waals surface area contributed by atoms with Crippen molar-refractivity contribution in [1.29, 1.82) is 0 Å². The predicted octanol–water partition coefficient (Wildman–Crippen LogP) is 3.88. The molecule has 3 aromatic carbocycles. The minimum absolute atomic E-state index is 0.0914. The summed E-state index contributed by atoms with van der Waals surface area (Å²) in [6.45, 7) is 7.08.